The number of amides is 1. The third-order valence-corrected chi connectivity index (χ3v) is 4.08. The molecule has 1 N–H and O–H groups in total. The second kappa shape index (κ2) is 7.68. The van der Waals surface area contributed by atoms with Gasteiger partial charge in [-0.15, -0.1) is 0 Å². The highest BCUT2D eigenvalue weighted by atomic mass is 35.5. The summed E-state index contributed by atoms with van der Waals surface area (Å²) in [7, 11) is 0. The van der Waals surface area contributed by atoms with Crippen molar-refractivity contribution in [1.29, 1.82) is 0 Å². The van der Waals surface area contributed by atoms with Crippen LogP contribution < -0.4 is 5.32 Å². The van der Waals surface area contributed by atoms with E-state index in [0.717, 1.165) is 5.56 Å². The smallest absolute Gasteiger partial charge is 0.341 e. The third-order valence-electron chi connectivity index (χ3n) is 3.04. The fraction of sp³-hybridized carbons (Fsp3) is 0.125. The molecule has 2 aromatic carbocycles. The first-order chi connectivity index (χ1) is 10.9. The summed E-state index contributed by atoms with van der Waals surface area (Å²) in [5, 5.41) is 3.47. The molecule has 0 aliphatic carbocycles. The molecular weight excluding hydrogens is 361 g/mol. The van der Waals surface area contributed by atoms with Gasteiger partial charge >= 0.3 is 5.97 Å². The van der Waals surface area contributed by atoms with Gasteiger partial charge < -0.3 is 10.1 Å². The molecule has 1 amide bonds. The quantitative estimate of drug-likeness (QED) is 0.788. The first-order valence-corrected chi connectivity index (χ1v) is 7.69. The molecule has 4 nitrogen and oxygen atoms in total. The van der Waals surface area contributed by atoms with Gasteiger partial charge in [-0.1, -0.05) is 46.9 Å². The lowest BCUT2D eigenvalue weighted by atomic mass is 10.2. The molecule has 2 aromatic rings. The minimum absolute atomic E-state index is 0.0302. The summed E-state index contributed by atoms with van der Waals surface area (Å²) in [5.41, 5.74) is 1.31. The van der Waals surface area contributed by atoms with Crippen molar-refractivity contribution in [2.24, 2.45) is 0 Å². The van der Waals surface area contributed by atoms with E-state index >= 15 is 0 Å². The van der Waals surface area contributed by atoms with Crippen LogP contribution in [0.4, 0.5) is 5.69 Å². The maximum absolute atomic E-state index is 12.0. The molecule has 0 heterocycles. The van der Waals surface area contributed by atoms with E-state index in [9.17, 15) is 9.59 Å². The van der Waals surface area contributed by atoms with Crippen molar-refractivity contribution in [3.8, 4) is 0 Å². The molecule has 0 spiro atoms. The van der Waals surface area contributed by atoms with Crippen molar-refractivity contribution in [3.63, 3.8) is 0 Å². The van der Waals surface area contributed by atoms with Crippen LogP contribution in [0.3, 0.4) is 0 Å². The summed E-state index contributed by atoms with van der Waals surface area (Å²) >= 11 is 17.8. The Morgan fingerprint density at radius 2 is 1.57 bits per heavy atom. The number of nitrogens with one attached hydrogen (secondary N) is 1. The number of benzene rings is 2. The highest BCUT2D eigenvalue weighted by Gasteiger charge is 2.17. The molecule has 23 heavy (non-hydrogen) atoms. The molecule has 0 fully saturated rings. The average Bonchev–Trinajstić information content (AvgIpc) is 2.49. The van der Waals surface area contributed by atoms with Crippen LogP contribution in [0.1, 0.15) is 15.9 Å². The number of hydrogen-bond donors (Lipinski definition) is 1. The minimum Gasteiger partial charge on any atom is -0.452 e. The topological polar surface area (TPSA) is 55.4 Å². The van der Waals surface area contributed by atoms with Gasteiger partial charge in [0.15, 0.2) is 6.61 Å². The maximum Gasteiger partial charge on any atom is 0.341 e. The normalized spacial score (nSPS) is 10.3. The zero-order valence-corrected chi connectivity index (χ0v) is 14.3. The van der Waals surface area contributed by atoms with Crippen LogP contribution in [-0.4, -0.2) is 18.5 Å². The Kier molecular flexibility index (Phi) is 5.88. The molecule has 0 bridgehead atoms. The fourth-order valence-corrected chi connectivity index (χ4v) is 2.55. The molecule has 0 radical (unpaired) electrons. The second-order valence-electron chi connectivity index (χ2n) is 4.63. The van der Waals surface area contributed by atoms with Crippen LogP contribution >= 0.6 is 34.8 Å². The third kappa shape index (κ3) is 4.38. The monoisotopic (exact) mass is 371 g/mol. The van der Waals surface area contributed by atoms with Crippen LogP contribution in [-0.2, 0) is 9.53 Å². The van der Waals surface area contributed by atoms with Crippen LogP contribution in [0.5, 0.6) is 0 Å². The summed E-state index contributed by atoms with van der Waals surface area (Å²) in [5.74, 6) is -1.26. The van der Waals surface area contributed by atoms with Crippen molar-refractivity contribution in [3.05, 3.63) is 62.6 Å². The summed E-state index contributed by atoms with van der Waals surface area (Å²) < 4.78 is 4.94. The van der Waals surface area contributed by atoms with Gasteiger partial charge in [0.1, 0.15) is 0 Å². The lowest BCUT2D eigenvalue weighted by Crippen LogP contribution is -2.21. The van der Waals surface area contributed by atoms with E-state index in [1.807, 2.05) is 0 Å². The molecule has 0 aromatic heterocycles. The minimum atomic E-state index is -0.765. The predicted octanol–water partition coefficient (Wildman–Crippen LogP) is 4.75. The van der Waals surface area contributed by atoms with E-state index < -0.39 is 18.5 Å². The SMILES string of the molecule is Cc1c(Cl)cccc1NC(=O)COC(=O)c1c(Cl)cccc1Cl. The number of carbonyl (C=O) groups is 2. The second-order valence-corrected chi connectivity index (χ2v) is 5.85. The Hall–Kier alpha value is -1.75. The highest BCUT2D eigenvalue weighted by Crippen LogP contribution is 2.25. The molecular formula is C16H12Cl3NO3. The number of halogens is 3. The molecule has 7 heteroatoms. The highest BCUT2D eigenvalue weighted by molar-refractivity contribution is 6.39. The van der Waals surface area contributed by atoms with E-state index in [1.165, 1.54) is 12.1 Å². The lowest BCUT2D eigenvalue weighted by Gasteiger charge is -2.10. The van der Waals surface area contributed by atoms with Gasteiger partial charge in [0, 0.05) is 10.7 Å². The molecule has 120 valence electrons. The van der Waals surface area contributed by atoms with E-state index in [-0.39, 0.29) is 15.6 Å². The van der Waals surface area contributed by atoms with Crippen molar-refractivity contribution in [2.45, 2.75) is 6.92 Å². The number of hydrogen-bond acceptors (Lipinski definition) is 3. The van der Waals surface area contributed by atoms with Gasteiger partial charge in [-0.05, 0) is 36.8 Å². The Labute approximate surface area is 148 Å². The largest absolute Gasteiger partial charge is 0.452 e. The number of anilines is 1. The van der Waals surface area contributed by atoms with Crippen molar-refractivity contribution < 1.29 is 14.3 Å². The molecule has 0 aliphatic heterocycles. The molecule has 0 atom stereocenters. The fourth-order valence-electron chi connectivity index (χ4n) is 1.83. The Morgan fingerprint density at radius 3 is 2.22 bits per heavy atom. The zero-order chi connectivity index (χ0) is 17.0. The van der Waals surface area contributed by atoms with Crippen LogP contribution in [0.25, 0.3) is 0 Å². The van der Waals surface area contributed by atoms with E-state index in [1.54, 1.807) is 31.2 Å². The molecule has 0 saturated carbocycles. The van der Waals surface area contributed by atoms with Gasteiger partial charge in [0.2, 0.25) is 0 Å². The molecule has 2 rings (SSSR count). The molecule has 0 aliphatic rings. The van der Waals surface area contributed by atoms with E-state index in [2.05, 4.69) is 5.32 Å². The van der Waals surface area contributed by atoms with Crippen LogP contribution in [0, 0.1) is 6.92 Å². The van der Waals surface area contributed by atoms with E-state index in [4.69, 9.17) is 39.5 Å². The first kappa shape index (κ1) is 17.6. The summed E-state index contributed by atoms with van der Waals surface area (Å²) in [4.78, 5) is 23.9. The van der Waals surface area contributed by atoms with Gasteiger partial charge in [-0.25, -0.2) is 4.79 Å². The van der Waals surface area contributed by atoms with Gasteiger partial charge in [-0.2, -0.15) is 0 Å². The standard InChI is InChI=1S/C16H12Cl3NO3/c1-9-10(17)4-3-7-13(9)20-14(21)8-23-16(22)15-11(18)5-2-6-12(15)19/h2-7H,8H2,1H3,(H,20,21). The Morgan fingerprint density at radius 1 is 1.00 bits per heavy atom. The molecule has 0 unspecified atom stereocenters. The van der Waals surface area contributed by atoms with Crippen molar-refractivity contribution in [1.82, 2.24) is 0 Å². The predicted molar refractivity (Wildman–Crippen MR) is 91.6 cm³/mol. The summed E-state index contributed by atoms with van der Waals surface area (Å²) in [6, 6.07) is 9.76. The zero-order valence-electron chi connectivity index (χ0n) is 12.0. The first-order valence-electron chi connectivity index (χ1n) is 6.56. The van der Waals surface area contributed by atoms with Gasteiger partial charge in [0.05, 0.1) is 15.6 Å². The summed E-state index contributed by atoms with van der Waals surface area (Å²) in [6.07, 6.45) is 0. The summed E-state index contributed by atoms with van der Waals surface area (Å²) in [6.45, 7) is 1.31. The molecule has 0 saturated heterocycles. The van der Waals surface area contributed by atoms with Crippen molar-refractivity contribution >= 4 is 52.4 Å². The number of ether oxygens (including phenoxy) is 1. The number of rotatable bonds is 4. The number of esters is 1. The van der Waals surface area contributed by atoms with Gasteiger partial charge in [-0.3, -0.25) is 4.79 Å². The van der Waals surface area contributed by atoms with Gasteiger partial charge in [0.25, 0.3) is 5.91 Å². The average molecular weight is 373 g/mol. The van der Waals surface area contributed by atoms with Crippen LogP contribution in [0.15, 0.2) is 36.4 Å². The Balaban J connectivity index is 1.99. The lowest BCUT2D eigenvalue weighted by molar-refractivity contribution is -0.119. The van der Waals surface area contributed by atoms with Crippen molar-refractivity contribution in [2.75, 3.05) is 11.9 Å². The maximum atomic E-state index is 12.0. The van der Waals surface area contributed by atoms with E-state index in [0.29, 0.717) is 10.7 Å². The van der Waals surface area contributed by atoms with Crippen LogP contribution in [0.2, 0.25) is 15.1 Å². The number of carbonyl (C=O) groups excluding carboxylic acids is 2. The Bertz CT molecular complexity index is 742.